The van der Waals surface area contributed by atoms with E-state index in [-0.39, 0.29) is 6.03 Å². The lowest BCUT2D eigenvalue weighted by atomic mass is 10.0. The summed E-state index contributed by atoms with van der Waals surface area (Å²) in [6.07, 6.45) is 2.55. The molecule has 2 aromatic rings. The standard InChI is InChI=1S/C20H23N3O3S/c24-20(21-18-6-2-1-3-7-18)22-13-10-16-8-9-19(14-17(16)15-22)27(25,26)23-11-4-5-12-23/h1-3,6-9,14H,4-5,10-13,15H2,(H,21,24). The Bertz CT molecular complexity index is 938. The molecule has 7 heteroatoms. The van der Waals surface area contributed by atoms with E-state index in [9.17, 15) is 13.2 Å². The zero-order valence-electron chi connectivity index (χ0n) is 15.1. The van der Waals surface area contributed by atoms with Crippen LogP contribution in [0.1, 0.15) is 24.0 Å². The molecule has 0 spiro atoms. The average Bonchev–Trinajstić information content (AvgIpc) is 3.23. The van der Waals surface area contributed by atoms with Gasteiger partial charge < -0.3 is 10.2 Å². The van der Waals surface area contributed by atoms with Gasteiger partial charge in [-0.1, -0.05) is 24.3 Å². The molecule has 142 valence electrons. The molecule has 1 saturated heterocycles. The number of para-hydroxylation sites is 1. The van der Waals surface area contributed by atoms with Crippen LogP contribution in [-0.2, 0) is 23.0 Å². The number of sulfonamides is 1. The Morgan fingerprint density at radius 3 is 2.41 bits per heavy atom. The fourth-order valence-electron chi connectivity index (χ4n) is 3.67. The SMILES string of the molecule is O=C(Nc1ccccc1)N1CCc2ccc(S(=O)(=O)N3CCCC3)cc2C1. The number of hydrogen-bond acceptors (Lipinski definition) is 3. The number of hydrogen-bond donors (Lipinski definition) is 1. The summed E-state index contributed by atoms with van der Waals surface area (Å²) in [4.78, 5) is 14.6. The van der Waals surface area contributed by atoms with Crippen molar-refractivity contribution in [1.82, 2.24) is 9.21 Å². The molecule has 0 saturated carbocycles. The van der Waals surface area contributed by atoms with Crippen molar-refractivity contribution in [3.8, 4) is 0 Å². The van der Waals surface area contributed by atoms with Gasteiger partial charge in [-0.15, -0.1) is 0 Å². The summed E-state index contributed by atoms with van der Waals surface area (Å²) in [5.74, 6) is 0. The molecule has 2 heterocycles. The van der Waals surface area contributed by atoms with Gasteiger partial charge in [0, 0.05) is 31.9 Å². The van der Waals surface area contributed by atoms with Gasteiger partial charge in [-0.05, 0) is 54.7 Å². The first-order valence-corrected chi connectivity index (χ1v) is 10.7. The summed E-state index contributed by atoms with van der Waals surface area (Å²) in [5, 5.41) is 2.89. The van der Waals surface area contributed by atoms with E-state index in [4.69, 9.17) is 0 Å². The summed E-state index contributed by atoms with van der Waals surface area (Å²) in [6, 6.07) is 14.5. The monoisotopic (exact) mass is 385 g/mol. The maximum absolute atomic E-state index is 12.8. The van der Waals surface area contributed by atoms with Gasteiger partial charge in [0.05, 0.1) is 4.90 Å². The van der Waals surface area contributed by atoms with E-state index in [1.807, 2.05) is 36.4 Å². The molecule has 27 heavy (non-hydrogen) atoms. The second kappa shape index (κ2) is 7.32. The van der Waals surface area contributed by atoms with Crippen LogP contribution in [0.15, 0.2) is 53.4 Å². The Kier molecular flexibility index (Phi) is 4.88. The Hall–Kier alpha value is -2.38. The van der Waals surface area contributed by atoms with E-state index in [1.54, 1.807) is 21.3 Å². The van der Waals surface area contributed by atoms with E-state index in [0.717, 1.165) is 36.1 Å². The Labute approximate surface area is 159 Å². The predicted octanol–water partition coefficient (Wildman–Crippen LogP) is 3.06. The Balaban J connectivity index is 1.52. The van der Waals surface area contributed by atoms with Crippen molar-refractivity contribution in [2.24, 2.45) is 0 Å². The van der Waals surface area contributed by atoms with Crippen LogP contribution in [0.2, 0.25) is 0 Å². The molecule has 0 unspecified atom stereocenters. The molecule has 0 bridgehead atoms. The van der Waals surface area contributed by atoms with Crippen molar-refractivity contribution in [2.45, 2.75) is 30.7 Å². The number of carbonyl (C=O) groups is 1. The number of urea groups is 1. The predicted molar refractivity (Wildman–Crippen MR) is 104 cm³/mol. The third-order valence-corrected chi connectivity index (χ3v) is 7.10. The minimum atomic E-state index is -3.44. The molecule has 0 aromatic heterocycles. The summed E-state index contributed by atoms with van der Waals surface area (Å²) in [7, 11) is -3.44. The number of carbonyl (C=O) groups excluding carboxylic acids is 1. The largest absolute Gasteiger partial charge is 0.322 e. The summed E-state index contributed by atoms with van der Waals surface area (Å²) < 4.78 is 27.2. The van der Waals surface area contributed by atoms with Crippen LogP contribution in [0.4, 0.5) is 10.5 Å². The number of nitrogens with zero attached hydrogens (tertiary/aromatic N) is 2. The lowest BCUT2D eigenvalue weighted by Gasteiger charge is -2.29. The quantitative estimate of drug-likeness (QED) is 0.883. The first kappa shape index (κ1) is 18.0. The van der Waals surface area contributed by atoms with E-state index in [0.29, 0.717) is 31.1 Å². The van der Waals surface area contributed by atoms with Gasteiger partial charge in [0.25, 0.3) is 0 Å². The van der Waals surface area contributed by atoms with Gasteiger partial charge in [0.2, 0.25) is 10.0 Å². The van der Waals surface area contributed by atoms with Crippen molar-refractivity contribution >= 4 is 21.7 Å². The normalized spacial score (nSPS) is 17.6. The maximum Gasteiger partial charge on any atom is 0.322 e. The van der Waals surface area contributed by atoms with Crippen molar-refractivity contribution in [1.29, 1.82) is 0 Å². The van der Waals surface area contributed by atoms with Gasteiger partial charge in [-0.3, -0.25) is 0 Å². The van der Waals surface area contributed by atoms with Gasteiger partial charge in [-0.25, -0.2) is 13.2 Å². The third kappa shape index (κ3) is 3.70. The van der Waals surface area contributed by atoms with Crippen LogP contribution in [0.25, 0.3) is 0 Å². The second-order valence-corrected chi connectivity index (χ2v) is 8.95. The molecule has 0 aliphatic carbocycles. The molecule has 4 rings (SSSR count). The summed E-state index contributed by atoms with van der Waals surface area (Å²) in [6.45, 7) is 2.21. The molecule has 2 aliphatic rings. The van der Waals surface area contributed by atoms with Crippen LogP contribution < -0.4 is 5.32 Å². The molecular weight excluding hydrogens is 362 g/mol. The van der Waals surface area contributed by atoms with Crippen LogP contribution in [0, 0.1) is 0 Å². The smallest absolute Gasteiger partial charge is 0.320 e. The van der Waals surface area contributed by atoms with Gasteiger partial charge in [0.15, 0.2) is 0 Å². The molecule has 2 amide bonds. The highest BCUT2D eigenvalue weighted by Gasteiger charge is 2.29. The zero-order valence-corrected chi connectivity index (χ0v) is 15.9. The van der Waals surface area contributed by atoms with Crippen molar-refractivity contribution in [2.75, 3.05) is 25.0 Å². The average molecular weight is 385 g/mol. The fraction of sp³-hybridized carbons (Fsp3) is 0.350. The lowest BCUT2D eigenvalue weighted by Crippen LogP contribution is -2.39. The van der Waals surface area contributed by atoms with Crippen LogP contribution in [-0.4, -0.2) is 43.3 Å². The first-order valence-electron chi connectivity index (χ1n) is 9.27. The van der Waals surface area contributed by atoms with Gasteiger partial charge in [-0.2, -0.15) is 4.31 Å². The van der Waals surface area contributed by atoms with E-state index < -0.39 is 10.0 Å². The second-order valence-electron chi connectivity index (χ2n) is 7.01. The topological polar surface area (TPSA) is 69.7 Å². The molecular formula is C20H23N3O3S. The zero-order chi connectivity index (χ0) is 18.9. The molecule has 1 N–H and O–H groups in total. The number of benzene rings is 2. The number of nitrogens with one attached hydrogen (secondary N) is 1. The van der Waals surface area contributed by atoms with Crippen LogP contribution >= 0.6 is 0 Å². The van der Waals surface area contributed by atoms with E-state index in [2.05, 4.69) is 5.32 Å². The molecule has 2 aliphatic heterocycles. The van der Waals surface area contributed by atoms with Crippen LogP contribution in [0.3, 0.4) is 0 Å². The number of amides is 2. The van der Waals surface area contributed by atoms with Gasteiger partial charge >= 0.3 is 6.03 Å². The number of rotatable bonds is 3. The molecule has 1 fully saturated rings. The fourth-order valence-corrected chi connectivity index (χ4v) is 5.24. The molecule has 6 nitrogen and oxygen atoms in total. The highest BCUT2D eigenvalue weighted by atomic mass is 32.2. The molecule has 0 atom stereocenters. The van der Waals surface area contributed by atoms with Gasteiger partial charge in [0.1, 0.15) is 0 Å². The summed E-state index contributed by atoms with van der Waals surface area (Å²) in [5.41, 5.74) is 2.77. The van der Waals surface area contributed by atoms with Crippen molar-refractivity contribution in [3.63, 3.8) is 0 Å². The van der Waals surface area contributed by atoms with Crippen molar-refractivity contribution in [3.05, 3.63) is 59.7 Å². The minimum Gasteiger partial charge on any atom is -0.320 e. The molecule has 0 radical (unpaired) electrons. The van der Waals surface area contributed by atoms with E-state index >= 15 is 0 Å². The first-order chi connectivity index (χ1) is 13.0. The Morgan fingerprint density at radius 2 is 1.67 bits per heavy atom. The number of fused-ring (bicyclic) bond motifs is 1. The lowest BCUT2D eigenvalue weighted by molar-refractivity contribution is 0.206. The number of anilines is 1. The third-order valence-electron chi connectivity index (χ3n) is 5.21. The van der Waals surface area contributed by atoms with Crippen molar-refractivity contribution < 1.29 is 13.2 Å². The highest BCUT2D eigenvalue weighted by Crippen LogP contribution is 2.26. The minimum absolute atomic E-state index is 0.167. The summed E-state index contributed by atoms with van der Waals surface area (Å²) >= 11 is 0. The molecule has 2 aromatic carbocycles. The maximum atomic E-state index is 12.8. The Morgan fingerprint density at radius 1 is 0.926 bits per heavy atom. The van der Waals surface area contributed by atoms with Crippen LogP contribution in [0.5, 0.6) is 0 Å². The highest BCUT2D eigenvalue weighted by molar-refractivity contribution is 7.89. The van der Waals surface area contributed by atoms with E-state index in [1.165, 1.54) is 0 Å².